The number of hydrogen-bond donors (Lipinski definition) is 1. The lowest BCUT2D eigenvalue weighted by Gasteiger charge is -2.30. The Morgan fingerprint density at radius 1 is 1.13 bits per heavy atom. The number of carbonyl (C=O) groups is 1. The molecule has 1 aromatic heterocycles. The number of aryl methyl sites for hydroxylation is 1. The quantitative estimate of drug-likeness (QED) is 0.729. The third kappa shape index (κ3) is 3.72. The van der Waals surface area contributed by atoms with Gasteiger partial charge in [-0.05, 0) is 63.1 Å². The van der Waals surface area contributed by atoms with Crippen molar-refractivity contribution >= 4 is 5.91 Å². The van der Waals surface area contributed by atoms with E-state index in [4.69, 9.17) is 16.0 Å². The van der Waals surface area contributed by atoms with Crippen LogP contribution in [0.25, 0.3) is 17.1 Å². The lowest BCUT2D eigenvalue weighted by molar-refractivity contribution is 0.0702. The Morgan fingerprint density at radius 3 is 2.47 bits per heavy atom. The van der Waals surface area contributed by atoms with Crippen molar-refractivity contribution in [2.24, 2.45) is 5.73 Å². The maximum Gasteiger partial charge on any atom is 0.274 e. The average molecular weight is 399 g/mol. The third-order valence-corrected chi connectivity index (χ3v) is 5.62. The Bertz CT molecular complexity index is 1110. The molecule has 6 nitrogen and oxygen atoms in total. The minimum atomic E-state index is -0.0802. The number of carbonyl (C=O) groups excluding carboxylic acids is 1. The Labute approximate surface area is 176 Å². The minimum absolute atomic E-state index is 0.0141. The molecule has 0 aliphatic carbocycles. The van der Waals surface area contributed by atoms with Crippen LogP contribution in [0.3, 0.4) is 0 Å². The van der Waals surface area contributed by atoms with Gasteiger partial charge in [-0.1, -0.05) is 17.7 Å². The van der Waals surface area contributed by atoms with E-state index >= 15 is 0 Å². The predicted octanol–water partition coefficient (Wildman–Crippen LogP) is 3.59. The van der Waals surface area contributed by atoms with Gasteiger partial charge in [0, 0.05) is 30.4 Å². The molecule has 1 aliphatic heterocycles. The highest BCUT2D eigenvalue weighted by Crippen LogP contribution is 2.28. The molecule has 0 radical (unpaired) electrons. The highest BCUT2D eigenvalue weighted by molar-refractivity contribution is 5.94. The number of benzene rings is 2. The third-order valence-electron chi connectivity index (χ3n) is 5.62. The summed E-state index contributed by atoms with van der Waals surface area (Å²) in [7, 11) is 0. The standard InChI is InChI=1S/C24H25N5O/c1-16-5-11-21(12-6-16)29-17(2)22(24(30)28-13-3-4-20(26)15-28)27-23(29)19-9-7-18(14-25)8-10-19/h5-12,20H,3-4,13,15,26H2,1-2H3/t20-/m1/s1. The summed E-state index contributed by atoms with van der Waals surface area (Å²) in [6.07, 6.45) is 1.85. The summed E-state index contributed by atoms with van der Waals surface area (Å²) < 4.78 is 2.01. The predicted molar refractivity (Wildman–Crippen MR) is 116 cm³/mol. The molecule has 1 amide bonds. The first-order valence-electron chi connectivity index (χ1n) is 10.2. The molecule has 2 heterocycles. The number of imidazole rings is 1. The fraction of sp³-hybridized carbons (Fsp3) is 0.292. The first kappa shape index (κ1) is 19.9. The fourth-order valence-electron chi connectivity index (χ4n) is 3.95. The maximum absolute atomic E-state index is 13.3. The Kier molecular flexibility index (Phi) is 5.39. The van der Waals surface area contributed by atoms with Gasteiger partial charge < -0.3 is 10.6 Å². The molecule has 1 fully saturated rings. The van der Waals surface area contributed by atoms with Gasteiger partial charge in [-0.25, -0.2) is 4.98 Å². The molecule has 30 heavy (non-hydrogen) atoms. The largest absolute Gasteiger partial charge is 0.336 e. The van der Waals surface area contributed by atoms with Crippen LogP contribution < -0.4 is 5.73 Å². The Balaban J connectivity index is 1.83. The second-order valence-electron chi connectivity index (χ2n) is 7.88. The van der Waals surface area contributed by atoms with Crippen molar-refractivity contribution in [2.45, 2.75) is 32.7 Å². The zero-order valence-corrected chi connectivity index (χ0v) is 17.3. The van der Waals surface area contributed by atoms with Gasteiger partial charge in [-0.15, -0.1) is 0 Å². The molecule has 0 unspecified atom stereocenters. The van der Waals surface area contributed by atoms with E-state index in [-0.39, 0.29) is 11.9 Å². The van der Waals surface area contributed by atoms with E-state index in [1.165, 1.54) is 0 Å². The molecule has 3 aromatic rings. The Morgan fingerprint density at radius 2 is 1.83 bits per heavy atom. The molecule has 2 N–H and O–H groups in total. The van der Waals surface area contributed by atoms with Crippen LogP contribution >= 0.6 is 0 Å². The number of nitrogens with zero attached hydrogens (tertiary/aromatic N) is 4. The summed E-state index contributed by atoms with van der Waals surface area (Å²) in [5.74, 6) is 0.605. The van der Waals surface area contributed by atoms with Crippen molar-refractivity contribution in [1.82, 2.24) is 14.5 Å². The topological polar surface area (TPSA) is 87.9 Å². The molecule has 2 aromatic carbocycles. The fourth-order valence-corrected chi connectivity index (χ4v) is 3.95. The van der Waals surface area contributed by atoms with E-state index in [9.17, 15) is 4.79 Å². The molecular weight excluding hydrogens is 374 g/mol. The van der Waals surface area contributed by atoms with Crippen LogP contribution in [0.2, 0.25) is 0 Å². The first-order chi connectivity index (χ1) is 14.5. The summed E-state index contributed by atoms with van der Waals surface area (Å²) >= 11 is 0. The van der Waals surface area contributed by atoms with E-state index in [0.29, 0.717) is 30.2 Å². The lowest BCUT2D eigenvalue weighted by Crippen LogP contribution is -2.46. The smallest absolute Gasteiger partial charge is 0.274 e. The summed E-state index contributed by atoms with van der Waals surface area (Å²) in [5.41, 5.74) is 10.9. The van der Waals surface area contributed by atoms with Gasteiger partial charge >= 0.3 is 0 Å². The zero-order valence-electron chi connectivity index (χ0n) is 17.3. The van der Waals surface area contributed by atoms with Gasteiger partial charge in [0.15, 0.2) is 0 Å². The van der Waals surface area contributed by atoms with Crippen molar-refractivity contribution in [2.75, 3.05) is 13.1 Å². The second kappa shape index (κ2) is 8.13. The summed E-state index contributed by atoms with van der Waals surface area (Å²) in [5, 5.41) is 9.11. The van der Waals surface area contributed by atoms with Crippen molar-refractivity contribution in [3.8, 4) is 23.1 Å². The lowest BCUT2D eigenvalue weighted by atomic mass is 10.1. The zero-order chi connectivity index (χ0) is 21.3. The minimum Gasteiger partial charge on any atom is -0.336 e. The molecule has 1 saturated heterocycles. The number of aromatic nitrogens is 2. The number of likely N-dealkylation sites (tertiary alicyclic amines) is 1. The van der Waals surface area contributed by atoms with Crippen LogP contribution in [0.1, 0.15) is 40.2 Å². The second-order valence-corrected chi connectivity index (χ2v) is 7.88. The van der Waals surface area contributed by atoms with Gasteiger partial charge in [-0.2, -0.15) is 5.26 Å². The van der Waals surface area contributed by atoms with Gasteiger partial charge in [0.2, 0.25) is 0 Å². The summed E-state index contributed by atoms with van der Waals surface area (Å²) in [6.45, 7) is 5.23. The van der Waals surface area contributed by atoms with Gasteiger partial charge in [-0.3, -0.25) is 9.36 Å². The van der Waals surface area contributed by atoms with Crippen LogP contribution in [0.4, 0.5) is 0 Å². The molecule has 0 saturated carbocycles. The van der Waals surface area contributed by atoms with Gasteiger partial charge in [0.05, 0.1) is 17.3 Å². The molecule has 152 valence electrons. The molecular formula is C24H25N5O. The summed E-state index contributed by atoms with van der Waals surface area (Å²) in [6, 6.07) is 17.6. The van der Waals surface area contributed by atoms with E-state index in [1.807, 2.05) is 59.7 Å². The van der Waals surface area contributed by atoms with Crippen LogP contribution in [0, 0.1) is 25.2 Å². The van der Waals surface area contributed by atoms with Crippen molar-refractivity contribution < 1.29 is 4.79 Å². The van der Waals surface area contributed by atoms with Crippen LogP contribution in [-0.2, 0) is 0 Å². The normalized spacial score (nSPS) is 16.3. The molecule has 1 aliphatic rings. The van der Waals surface area contributed by atoms with Crippen molar-refractivity contribution in [1.29, 1.82) is 5.26 Å². The molecule has 0 spiro atoms. The highest BCUT2D eigenvalue weighted by atomic mass is 16.2. The number of hydrogen-bond acceptors (Lipinski definition) is 4. The molecule has 1 atom stereocenters. The van der Waals surface area contributed by atoms with Gasteiger partial charge in [0.1, 0.15) is 11.5 Å². The van der Waals surface area contributed by atoms with Gasteiger partial charge in [0.25, 0.3) is 5.91 Å². The number of piperidine rings is 1. The van der Waals surface area contributed by atoms with Crippen molar-refractivity contribution in [3.05, 3.63) is 71.0 Å². The number of rotatable bonds is 3. The van der Waals surface area contributed by atoms with Crippen LogP contribution in [0.5, 0.6) is 0 Å². The van der Waals surface area contributed by atoms with E-state index in [0.717, 1.165) is 35.3 Å². The number of amides is 1. The Hall–Kier alpha value is -3.43. The monoisotopic (exact) mass is 399 g/mol. The van der Waals surface area contributed by atoms with Crippen molar-refractivity contribution in [3.63, 3.8) is 0 Å². The molecule has 6 heteroatoms. The summed E-state index contributed by atoms with van der Waals surface area (Å²) in [4.78, 5) is 19.9. The van der Waals surface area contributed by atoms with E-state index in [2.05, 4.69) is 6.07 Å². The molecule has 4 rings (SSSR count). The van der Waals surface area contributed by atoms with Crippen LogP contribution in [0.15, 0.2) is 48.5 Å². The average Bonchev–Trinajstić information content (AvgIpc) is 3.11. The highest BCUT2D eigenvalue weighted by Gasteiger charge is 2.28. The maximum atomic E-state index is 13.3. The SMILES string of the molecule is Cc1ccc(-n2c(-c3ccc(C#N)cc3)nc(C(=O)N3CCC[C@@H](N)C3)c2C)cc1. The first-order valence-corrected chi connectivity index (χ1v) is 10.2. The van der Waals surface area contributed by atoms with E-state index < -0.39 is 0 Å². The van der Waals surface area contributed by atoms with Crippen LogP contribution in [-0.4, -0.2) is 39.5 Å². The number of nitriles is 1. The molecule has 0 bridgehead atoms. The van der Waals surface area contributed by atoms with E-state index in [1.54, 1.807) is 12.1 Å². The number of nitrogens with two attached hydrogens (primary N) is 1.